The van der Waals surface area contributed by atoms with Gasteiger partial charge in [-0.1, -0.05) is 0 Å². The molecule has 0 atom stereocenters. The summed E-state index contributed by atoms with van der Waals surface area (Å²) in [5.41, 5.74) is 0. The minimum absolute atomic E-state index is 0. The van der Waals surface area contributed by atoms with Crippen LogP contribution in [0.5, 0.6) is 0 Å². The van der Waals surface area contributed by atoms with Gasteiger partial charge in [-0.2, -0.15) is 0 Å². The van der Waals surface area contributed by atoms with E-state index >= 15 is 0 Å². The van der Waals surface area contributed by atoms with E-state index < -0.39 is 14.3 Å². The fourth-order valence-corrected chi connectivity index (χ4v) is 0. The van der Waals surface area contributed by atoms with Gasteiger partial charge < -0.3 is 0 Å². The van der Waals surface area contributed by atoms with E-state index in [9.17, 15) is 0 Å². The molecule has 0 rings (SSSR count). The summed E-state index contributed by atoms with van der Waals surface area (Å²) in [4.78, 5) is 0. The molecule has 0 aliphatic carbocycles. The number of rotatable bonds is 0. The van der Waals surface area contributed by atoms with Crippen LogP contribution in [0.1, 0.15) is 0 Å². The number of hydrogen-bond donors (Lipinski definition) is 0. The zero-order valence-corrected chi connectivity index (χ0v) is 3.49. The Morgan fingerprint density at radius 2 is 1.25 bits per heavy atom. The predicted molar refractivity (Wildman–Crippen MR) is 1.37 cm³/mol. The summed E-state index contributed by atoms with van der Waals surface area (Å²) in [5.74, 6) is 0. The van der Waals surface area contributed by atoms with Gasteiger partial charge in [0.25, 0.3) is 0 Å². The van der Waals surface area contributed by atoms with Crippen molar-refractivity contribution in [3.05, 3.63) is 0 Å². The summed E-state index contributed by atoms with van der Waals surface area (Å²) < 4.78 is 16.6. The van der Waals surface area contributed by atoms with Crippen molar-refractivity contribution in [2.75, 3.05) is 0 Å². The van der Waals surface area contributed by atoms with E-state index in [2.05, 4.69) is 0 Å². The zero-order chi connectivity index (χ0) is 2.71. The Labute approximate surface area is 39.3 Å². The standard InChI is InChI=1S/Co.Ni.2O. The summed E-state index contributed by atoms with van der Waals surface area (Å²) in [5, 5.41) is 0. The molecule has 1 radical (unpaired) electrons. The van der Waals surface area contributed by atoms with E-state index in [0.717, 1.165) is 0 Å². The first-order chi connectivity index (χ1) is 1.41. The third kappa shape index (κ3) is 18.5. The molecule has 0 N–H and O–H groups in total. The molecule has 0 bridgehead atoms. The van der Waals surface area contributed by atoms with Crippen molar-refractivity contribution in [2.45, 2.75) is 0 Å². The molecule has 4 heavy (non-hydrogen) atoms. The fourth-order valence-electron chi connectivity index (χ4n) is 0. The van der Waals surface area contributed by atoms with Gasteiger partial charge in [0.05, 0.1) is 0 Å². The van der Waals surface area contributed by atoms with Gasteiger partial charge in [0.15, 0.2) is 0 Å². The van der Waals surface area contributed by atoms with Crippen LogP contribution in [0.15, 0.2) is 0 Å². The predicted octanol–water partition coefficient (Wildman–Crippen LogP) is -0.243. The molecule has 0 aromatic rings. The van der Waals surface area contributed by atoms with Crippen LogP contribution in [0.4, 0.5) is 0 Å². The fraction of sp³-hybridized carbons (Fsp3) is 0. The Hall–Kier alpha value is 0.600. The molecule has 0 heterocycles. The molecule has 31 valence electrons. The molecule has 0 fully saturated rings. The van der Waals surface area contributed by atoms with Crippen LogP contribution < -0.4 is 0 Å². The molecule has 0 amide bonds. The van der Waals surface area contributed by atoms with Gasteiger partial charge in [0.2, 0.25) is 0 Å². The van der Waals surface area contributed by atoms with E-state index in [1.807, 2.05) is 0 Å². The second-order valence-corrected chi connectivity index (χ2v) is 0.217. The molecule has 0 aromatic carbocycles. The molecule has 0 saturated carbocycles. The Morgan fingerprint density at radius 3 is 1.25 bits per heavy atom. The average molecular weight is 150 g/mol. The third-order valence-corrected chi connectivity index (χ3v) is 0. The maximum absolute atomic E-state index is 8.31. The second-order valence-electron chi connectivity index (χ2n) is 0.0527. The van der Waals surface area contributed by atoms with Crippen LogP contribution in [-0.2, 0) is 38.9 Å². The second kappa shape index (κ2) is 9.51. The third-order valence-electron chi connectivity index (χ3n) is 0. The molecular weight excluding hydrogens is 150 g/mol. The van der Waals surface area contributed by atoms with Crippen LogP contribution in [0, 0.1) is 0 Å². The van der Waals surface area contributed by atoms with Crippen molar-refractivity contribution in [3.8, 4) is 0 Å². The Kier molecular flexibility index (Phi) is 21.0. The first-order valence-electron chi connectivity index (χ1n) is 0.258. The SMILES string of the molecule is [Co].[O]=[Ni]=[O]. The first-order valence-corrected chi connectivity index (χ1v) is 1.06. The van der Waals surface area contributed by atoms with Gasteiger partial charge in [0.1, 0.15) is 0 Å². The minimum atomic E-state index is -0.875. The maximum atomic E-state index is 8.31. The Balaban J connectivity index is 0. The topological polar surface area (TPSA) is 34.1 Å². The zero-order valence-electron chi connectivity index (χ0n) is 1.47. The molecule has 0 aromatic heterocycles. The van der Waals surface area contributed by atoms with Gasteiger partial charge >= 0.3 is 22.1 Å². The molecule has 0 aliphatic rings. The normalized spacial score (nSPS) is 5.00. The van der Waals surface area contributed by atoms with Gasteiger partial charge in [-0.25, -0.2) is 0 Å². The molecular formula is CoNiO2. The summed E-state index contributed by atoms with van der Waals surface area (Å²) in [6.45, 7) is 0. The van der Waals surface area contributed by atoms with Crippen molar-refractivity contribution in [1.29, 1.82) is 0 Å². The van der Waals surface area contributed by atoms with Gasteiger partial charge in [0, 0.05) is 16.8 Å². The van der Waals surface area contributed by atoms with E-state index in [0.29, 0.717) is 0 Å². The van der Waals surface area contributed by atoms with Crippen LogP contribution in [0.25, 0.3) is 0 Å². The molecule has 0 aliphatic heterocycles. The van der Waals surface area contributed by atoms with E-state index in [1.165, 1.54) is 0 Å². The van der Waals surface area contributed by atoms with E-state index in [1.54, 1.807) is 0 Å². The summed E-state index contributed by atoms with van der Waals surface area (Å²) in [6.07, 6.45) is 0. The summed E-state index contributed by atoms with van der Waals surface area (Å²) in [7, 11) is 0. The van der Waals surface area contributed by atoms with Crippen molar-refractivity contribution in [3.63, 3.8) is 0 Å². The summed E-state index contributed by atoms with van der Waals surface area (Å²) in [6, 6.07) is 0. The quantitative estimate of drug-likeness (QED) is 0.446. The van der Waals surface area contributed by atoms with Gasteiger partial charge in [-0.3, -0.25) is 0 Å². The molecule has 4 heteroatoms. The monoisotopic (exact) mass is 149 g/mol. The Bertz CT molecular complexity index is 27.0. The molecule has 2 nitrogen and oxygen atoms in total. The van der Waals surface area contributed by atoms with Gasteiger partial charge in [-0.05, 0) is 0 Å². The van der Waals surface area contributed by atoms with Gasteiger partial charge in [-0.15, -0.1) is 0 Å². The average Bonchev–Trinajstić information content (AvgIpc) is 0.918. The van der Waals surface area contributed by atoms with Crippen molar-refractivity contribution in [2.24, 2.45) is 0 Å². The molecule has 0 saturated heterocycles. The van der Waals surface area contributed by atoms with Crippen LogP contribution >= 0.6 is 0 Å². The van der Waals surface area contributed by atoms with Crippen LogP contribution in [-0.4, -0.2) is 0 Å². The molecule has 0 unspecified atom stereocenters. The van der Waals surface area contributed by atoms with E-state index in [-0.39, 0.29) is 16.8 Å². The number of hydrogen-bond acceptors (Lipinski definition) is 2. The first kappa shape index (κ1) is 8.82. The van der Waals surface area contributed by atoms with Crippen LogP contribution in [0.3, 0.4) is 0 Å². The van der Waals surface area contributed by atoms with Crippen molar-refractivity contribution < 1.29 is 38.9 Å². The Morgan fingerprint density at radius 1 is 1.25 bits per heavy atom. The van der Waals surface area contributed by atoms with Crippen molar-refractivity contribution in [1.82, 2.24) is 0 Å². The molecule has 0 spiro atoms. The van der Waals surface area contributed by atoms with Crippen molar-refractivity contribution >= 4 is 0 Å². The van der Waals surface area contributed by atoms with E-state index in [4.69, 9.17) is 7.79 Å². The summed E-state index contributed by atoms with van der Waals surface area (Å²) >= 11 is -0.875. The van der Waals surface area contributed by atoms with Crippen LogP contribution in [0.2, 0.25) is 0 Å².